The number of Topliss-reactive ketones (excluding diaryl/α,β-unsaturated/α-hetero) is 1. The minimum atomic E-state index is -0.758. The van der Waals surface area contributed by atoms with E-state index in [-0.39, 0.29) is 16.7 Å². The van der Waals surface area contributed by atoms with E-state index < -0.39 is 17.7 Å². The minimum Gasteiger partial charge on any atom is -0.507 e. The van der Waals surface area contributed by atoms with Crippen LogP contribution in [0.2, 0.25) is 0 Å². The molecule has 1 fully saturated rings. The normalized spacial score (nSPS) is 19.3. The number of para-hydroxylation sites is 1. The zero-order chi connectivity index (χ0) is 25.6. The third kappa shape index (κ3) is 4.02. The van der Waals surface area contributed by atoms with E-state index in [0.717, 1.165) is 29.1 Å². The van der Waals surface area contributed by atoms with Crippen LogP contribution in [0.4, 0.5) is 11.4 Å². The quantitative estimate of drug-likeness (QED) is 0.306. The molecule has 6 nitrogen and oxygen atoms in total. The van der Waals surface area contributed by atoms with Crippen molar-refractivity contribution in [2.75, 3.05) is 30.0 Å². The highest BCUT2D eigenvalue weighted by molar-refractivity contribution is 6.51. The number of amides is 1. The van der Waals surface area contributed by atoms with Gasteiger partial charge in [0.2, 0.25) is 0 Å². The van der Waals surface area contributed by atoms with Gasteiger partial charge in [0.25, 0.3) is 11.7 Å². The van der Waals surface area contributed by atoms with Gasteiger partial charge in [-0.1, -0.05) is 63.2 Å². The van der Waals surface area contributed by atoms with Gasteiger partial charge in [-0.25, -0.2) is 0 Å². The molecule has 0 bridgehead atoms. The Morgan fingerprint density at radius 3 is 2.33 bits per heavy atom. The zero-order valence-electron chi connectivity index (χ0n) is 21.0. The number of rotatable bonds is 3. The molecule has 3 aromatic rings. The Labute approximate surface area is 211 Å². The van der Waals surface area contributed by atoms with Crippen molar-refractivity contribution in [2.24, 2.45) is 0 Å². The molecule has 0 aromatic heterocycles. The molecule has 1 atom stereocenters. The number of benzene rings is 3. The van der Waals surface area contributed by atoms with Crippen LogP contribution in [0, 0.1) is 0 Å². The number of aliphatic hydroxyl groups excluding tert-OH is 1. The molecule has 6 heteroatoms. The van der Waals surface area contributed by atoms with Gasteiger partial charge in [-0.05, 0) is 46.9 Å². The lowest BCUT2D eigenvalue weighted by atomic mass is 9.85. The molecule has 0 aliphatic carbocycles. The molecular formula is C30H30N2O4. The summed E-state index contributed by atoms with van der Waals surface area (Å²) < 4.78 is 5.73. The molecule has 0 saturated carbocycles. The average molecular weight is 483 g/mol. The maximum atomic E-state index is 13.4. The lowest BCUT2D eigenvalue weighted by Crippen LogP contribution is -2.29. The van der Waals surface area contributed by atoms with E-state index in [0.29, 0.717) is 17.9 Å². The zero-order valence-corrected chi connectivity index (χ0v) is 21.0. The number of carbonyl (C=O) groups excluding carboxylic acids is 2. The number of aliphatic hydroxyl groups is 1. The smallest absolute Gasteiger partial charge is 0.300 e. The van der Waals surface area contributed by atoms with Crippen molar-refractivity contribution in [3.05, 3.63) is 95.1 Å². The standard InChI is InChI=1S/C30H30N2O4/c1-30(2,3)21-13-10-19(11-14-21)26-25(28(34)29(35)32(26)22-8-6-5-7-9-22)27(33)20-12-15-24-23(18-20)31(4)16-17-36-24/h5-15,18,26,33H,16-17H2,1-4H3/b27-25-. The number of carbonyl (C=O) groups is 2. The first-order valence-electron chi connectivity index (χ1n) is 12.1. The Kier molecular flexibility index (Phi) is 5.83. The van der Waals surface area contributed by atoms with Gasteiger partial charge in [0.15, 0.2) is 0 Å². The molecule has 2 aliphatic rings. The van der Waals surface area contributed by atoms with Crippen molar-refractivity contribution in [1.29, 1.82) is 0 Å². The fourth-order valence-electron chi connectivity index (χ4n) is 4.82. The lowest BCUT2D eigenvalue weighted by molar-refractivity contribution is -0.132. The summed E-state index contributed by atoms with van der Waals surface area (Å²) >= 11 is 0. The maximum absolute atomic E-state index is 13.4. The molecule has 1 saturated heterocycles. The van der Waals surface area contributed by atoms with Crippen molar-refractivity contribution in [1.82, 2.24) is 0 Å². The Bertz CT molecular complexity index is 1350. The molecule has 184 valence electrons. The molecule has 3 aromatic carbocycles. The van der Waals surface area contributed by atoms with Crippen LogP contribution in [-0.2, 0) is 15.0 Å². The first kappa shape index (κ1) is 23.7. The van der Waals surface area contributed by atoms with Gasteiger partial charge in [0, 0.05) is 18.3 Å². The number of anilines is 2. The number of fused-ring (bicyclic) bond motifs is 1. The number of likely N-dealkylation sites (N-methyl/N-ethyl adjacent to an activating group) is 1. The van der Waals surface area contributed by atoms with Crippen LogP contribution in [0.5, 0.6) is 5.75 Å². The van der Waals surface area contributed by atoms with Gasteiger partial charge in [0.1, 0.15) is 18.1 Å². The Hall–Kier alpha value is -4.06. The van der Waals surface area contributed by atoms with Gasteiger partial charge in [0.05, 0.1) is 23.8 Å². The Morgan fingerprint density at radius 2 is 1.67 bits per heavy atom. The third-order valence-electron chi connectivity index (χ3n) is 6.90. The molecule has 5 rings (SSSR count). The first-order valence-corrected chi connectivity index (χ1v) is 12.1. The van der Waals surface area contributed by atoms with E-state index >= 15 is 0 Å². The molecule has 1 N–H and O–H groups in total. The van der Waals surface area contributed by atoms with E-state index in [2.05, 4.69) is 20.8 Å². The van der Waals surface area contributed by atoms with Crippen molar-refractivity contribution in [3.63, 3.8) is 0 Å². The largest absolute Gasteiger partial charge is 0.507 e. The number of hydrogen-bond acceptors (Lipinski definition) is 5. The summed E-state index contributed by atoms with van der Waals surface area (Å²) in [6.45, 7) is 7.70. The molecule has 1 amide bonds. The van der Waals surface area contributed by atoms with E-state index in [1.165, 1.54) is 4.90 Å². The van der Waals surface area contributed by atoms with Gasteiger partial charge in [-0.15, -0.1) is 0 Å². The van der Waals surface area contributed by atoms with Crippen LogP contribution in [0.15, 0.2) is 78.4 Å². The van der Waals surface area contributed by atoms with Crippen molar-refractivity contribution in [2.45, 2.75) is 32.2 Å². The molecule has 1 unspecified atom stereocenters. The summed E-state index contributed by atoms with van der Waals surface area (Å²) in [5.41, 5.74) is 3.82. The maximum Gasteiger partial charge on any atom is 0.300 e. The lowest BCUT2D eigenvalue weighted by Gasteiger charge is -2.28. The first-order chi connectivity index (χ1) is 17.2. The van der Waals surface area contributed by atoms with Gasteiger partial charge >= 0.3 is 0 Å². The highest BCUT2D eigenvalue weighted by Gasteiger charge is 2.47. The van der Waals surface area contributed by atoms with Crippen LogP contribution >= 0.6 is 0 Å². The van der Waals surface area contributed by atoms with Gasteiger partial charge in [-0.3, -0.25) is 14.5 Å². The van der Waals surface area contributed by atoms with Crippen LogP contribution in [0.3, 0.4) is 0 Å². The second kappa shape index (κ2) is 8.86. The van der Waals surface area contributed by atoms with Crippen molar-refractivity contribution in [3.8, 4) is 5.75 Å². The highest BCUT2D eigenvalue weighted by Crippen LogP contribution is 2.43. The number of hydrogen-bond donors (Lipinski definition) is 1. The summed E-state index contributed by atoms with van der Waals surface area (Å²) in [4.78, 5) is 30.3. The molecule has 2 heterocycles. The van der Waals surface area contributed by atoms with Crippen LogP contribution in [0.25, 0.3) is 5.76 Å². The topological polar surface area (TPSA) is 70.1 Å². The van der Waals surface area contributed by atoms with Crippen molar-refractivity contribution >= 4 is 28.8 Å². The van der Waals surface area contributed by atoms with E-state index in [9.17, 15) is 14.7 Å². The van der Waals surface area contributed by atoms with Gasteiger partial charge in [-0.2, -0.15) is 0 Å². The number of ketones is 1. The highest BCUT2D eigenvalue weighted by atomic mass is 16.5. The second-order valence-corrected chi connectivity index (χ2v) is 10.3. The summed E-state index contributed by atoms with van der Waals surface area (Å²) in [6.07, 6.45) is 0. The van der Waals surface area contributed by atoms with Gasteiger partial charge < -0.3 is 14.7 Å². The number of nitrogens with zero attached hydrogens (tertiary/aromatic N) is 2. The molecule has 2 aliphatic heterocycles. The average Bonchev–Trinajstić information content (AvgIpc) is 3.14. The second-order valence-electron chi connectivity index (χ2n) is 10.3. The molecule has 0 radical (unpaired) electrons. The fourth-order valence-corrected chi connectivity index (χ4v) is 4.82. The summed E-state index contributed by atoms with van der Waals surface area (Å²) in [6, 6.07) is 21.6. The third-order valence-corrected chi connectivity index (χ3v) is 6.90. The van der Waals surface area contributed by atoms with Crippen molar-refractivity contribution < 1.29 is 19.4 Å². The van der Waals surface area contributed by atoms with Crippen LogP contribution in [0.1, 0.15) is 43.5 Å². The van der Waals surface area contributed by atoms with Crippen LogP contribution in [-0.4, -0.2) is 37.0 Å². The summed E-state index contributed by atoms with van der Waals surface area (Å²) in [7, 11) is 1.95. The summed E-state index contributed by atoms with van der Waals surface area (Å²) in [5, 5.41) is 11.5. The molecule has 36 heavy (non-hydrogen) atoms. The van der Waals surface area contributed by atoms with E-state index in [1.807, 2.05) is 54.4 Å². The summed E-state index contributed by atoms with van der Waals surface area (Å²) in [5.74, 6) is -0.840. The van der Waals surface area contributed by atoms with Crippen LogP contribution < -0.4 is 14.5 Å². The monoisotopic (exact) mass is 482 g/mol. The van der Waals surface area contributed by atoms with E-state index in [1.54, 1.807) is 30.3 Å². The SMILES string of the molecule is CN1CCOc2ccc(/C(O)=C3/C(=O)C(=O)N(c4ccccc4)C3c3ccc(C(C)(C)C)cc3)cc21. The minimum absolute atomic E-state index is 0.0446. The predicted octanol–water partition coefficient (Wildman–Crippen LogP) is 5.44. The van der Waals surface area contributed by atoms with E-state index in [4.69, 9.17) is 4.74 Å². The Balaban J connectivity index is 1.68. The predicted molar refractivity (Wildman–Crippen MR) is 142 cm³/mol. The molecular weight excluding hydrogens is 452 g/mol. The Morgan fingerprint density at radius 1 is 0.972 bits per heavy atom. The molecule has 0 spiro atoms. The fraction of sp³-hybridized carbons (Fsp3) is 0.267. The number of ether oxygens (including phenoxy) is 1.